The summed E-state index contributed by atoms with van der Waals surface area (Å²) in [5.74, 6) is 0.330. The number of rotatable bonds is 2. The van der Waals surface area contributed by atoms with Gasteiger partial charge in [-0.1, -0.05) is 13.8 Å². The van der Waals surface area contributed by atoms with Gasteiger partial charge in [0.15, 0.2) is 0 Å². The number of anilines is 1. The lowest BCUT2D eigenvalue weighted by atomic mass is 9.55. The fourth-order valence-electron chi connectivity index (χ4n) is 3.78. The second-order valence-corrected chi connectivity index (χ2v) is 7.48. The highest BCUT2D eigenvalue weighted by molar-refractivity contribution is 9.10. The molecule has 1 heterocycles. The van der Waals surface area contributed by atoms with Crippen molar-refractivity contribution in [1.29, 1.82) is 0 Å². The van der Waals surface area contributed by atoms with E-state index >= 15 is 0 Å². The number of fused-ring (bicyclic) bond motifs is 1. The Balaban J connectivity index is 1.82. The van der Waals surface area contributed by atoms with Crippen LogP contribution in [0.25, 0.3) is 0 Å². The van der Waals surface area contributed by atoms with Crippen LogP contribution >= 0.6 is 15.9 Å². The second-order valence-electron chi connectivity index (χ2n) is 6.62. The second kappa shape index (κ2) is 4.99. The van der Waals surface area contributed by atoms with E-state index in [1.807, 2.05) is 13.0 Å². The van der Waals surface area contributed by atoms with E-state index < -0.39 is 0 Å². The van der Waals surface area contributed by atoms with Crippen molar-refractivity contribution in [2.24, 2.45) is 11.3 Å². The molecule has 1 aromatic rings. The van der Waals surface area contributed by atoms with Crippen LogP contribution < -0.4 is 5.32 Å². The molecule has 1 aromatic carbocycles. The Morgan fingerprint density at radius 3 is 2.90 bits per heavy atom. The molecule has 1 saturated carbocycles. The van der Waals surface area contributed by atoms with Gasteiger partial charge in [0.05, 0.1) is 10.6 Å². The van der Waals surface area contributed by atoms with E-state index in [1.165, 1.54) is 6.42 Å². The van der Waals surface area contributed by atoms with E-state index in [0.717, 1.165) is 24.3 Å². The minimum Gasteiger partial charge on any atom is -0.381 e. The van der Waals surface area contributed by atoms with Gasteiger partial charge in [-0.2, -0.15) is 0 Å². The molecule has 4 heteroatoms. The van der Waals surface area contributed by atoms with Crippen molar-refractivity contribution in [3.8, 4) is 0 Å². The number of benzene rings is 1. The zero-order valence-electron chi connectivity index (χ0n) is 12.2. The van der Waals surface area contributed by atoms with Crippen LogP contribution in [0.1, 0.15) is 32.3 Å². The third kappa shape index (κ3) is 2.17. The molecule has 110 valence electrons. The third-order valence-corrected chi connectivity index (χ3v) is 5.52. The quantitative estimate of drug-likeness (QED) is 0.854. The van der Waals surface area contributed by atoms with Crippen LogP contribution in [-0.4, -0.2) is 18.8 Å². The predicted octanol–water partition coefficient (Wildman–Crippen LogP) is 4.51. The molecule has 0 spiro atoms. The molecule has 0 bridgehead atoms. The van der Waals surface area contributed by atoms with Gasteiger partial charge >= 0.3 is 0 Å². The highest BCUT2D eigenvalue weighted by Crippen LogP contribution is 2.52. The molecule has 0 amide bonds. The maximum atomic E-state index is 13.7. The lowest BCUT2D eigenvalue weighted by molar-refractivity contribution is -0.177. The molecule has 0 aromatic heterocycles. The van der Waals surface area contributed by atoms with E-state index in [1.54, 1.807) is 6.07 Å². The molecular formula is C16H21BrFNO. The maximum absolute atomic E-state index is 13.7. The highest BCUT2D eigenvalue weighted by Gasteiger charge is 2.57. The Morgan fingerprint density at radius 2 is 2.15 bits per heavy atom. The summed E-state index contributed by atoms with van der Waals surface area (Å²) < 4.78 is 20.2. The van der Waals surface area contributed by atoms with Crippen molar-refractivity contribution in [2.45, 2.75) is 45.8 Å². The summed E-state index contributed by atoms with van der Waals surface area (Å²) in [6.45, 7) is 7.36. The molecule has 1 N–H and O–H groups in total. The molecule has 20 heavy (non-hydrogen) atoms. The van der Waals surface area contributed by atoms with Crippen LogP contribution in [0.4, 0.5) is 10.1 Å². The fraction of sp³-hybridized carbons (Fsp3) is 0.625. The van der Waals surface area contributed by atoms with Gasteiger partial charge in [-0.05, 0) is 53.4 Å². The summed E-state index contributed by atoms with van der Waals surface area (Å²) >= 11 is 3.23. The zero-order valence-corrected chi connectivity index (χ0v) is 13.8. The average Bonchev–Trinajstić information content (AvgIpc) is 2.41. The number of nitrogens with one attached hydrogen (secondary N) is 1. The summed E-state index contributed by atoms with van der Waals surface area (Å²) in [6, 6.07) is 3.78. The predicted molar refractivity (Wildman–Crippen MR) is 82.5 cm³/mol. The van der Waals surface area contributed by atoms with E-state index in [-0.39, 0.29) is 11.2 Å². The summed E-state index contributed by atoms with van der Waals surface area (Å²) in [6.07, 6.45) is 2.67. The number of ether oxygens (including phenoxy) is 1. The Hall–Kier alpha value is -0.610. The first kappa shape index (κ1) is 14.3. The number of aryl methyl sites for hydroxylation is 1. The summed E-state index contributed by atoms with van der Waals surface area (Å²) in [5, 5.41) is 3.56. The Kier molecular flexibility index (Phi) is 3.57. The minimum absolute atomic E-state index is 0.0983. The molecular weight excluding hydrogens is 321 g/mol. The molecule has 1 aliphatic carbocycles. The first-order valence-corrected chi connectivity index (χ1v) is 8.04. The van der Waals surface area contributed by atoms with Crippen molar-refractivity contribution in [3.63, 3.8) is 0 Å². The lowest BCUT2D eigenvalue weighted by Crippen LogP contribution is -2.67. The van der Waals surface area contributed by atoms with Gasteiger partial charge in [0, 0.05) is 29.7 Å². The monoisotopic (exact) mass is 341 g/mol. The Morgan fingerprint density at radius 1 is 1.40 bits per heavy atom. The van der Waals surface area contributed by atoms with Gasteiger partial charge in [0.2, 0.25) is 0 Å². The first-order chi connectivity index (χ1) is 9.41. The molecule has 3 atom stereocenters. The van der Waals surface area contributed by atoms with Gasteiger partial charge < -0.3 is 10.1 Å². The number of hydrogen-bond acceptors (Lipinski definition) is 2. The first-order valence-electron chi connectivity index (χ1n) is 7.25. The molecule has 3 unspecified atom stereocenters. The van der Waals surface area contributed by atoms with Gasteiger partial charge in [-0.3, -0.25) is 0 Å². The fourth-order valence-corrected chi connectivity index (χ4v) is 4.24. The van der Waals surface area contributed by atoms with Crippen LogP contribution in [-0.2, 0) is 4.74 Å². The SMILES string of the molecule is Cc1cc(Br)c(F)cc1NC1C2CCCOC2C1(C)C. The van der Waals surface area contributed by atoms with E-state index in [9.17, 15) is 4.39 Å². The molecule has 0 radical (unpaired) electrons. The lowest BCUT2D eigenvalue weighted by Gasteiger charge is -2.60. The largest absolute Gasteiger partial charge is 0.381 e. The molecule has 2 aliphatic rings. The summed E-state index contributed by atoms with van der Waals surface area (Å²) in [4.78, 5) is 0. The normalized spacial score (nSPS) is 31.4. The minimum atomic E-state index is -0.216. The van der Waals surface area contributed by atoms with Gasteiger partial charge in [0.25, 0.3) is 0 Å². The van der Waals surface area contributed by atoms with Crippen molar-refractivity contribution in [2.75, 3.05) is 11.9 Å². The molecule has 1 aliphatic heterocycles. The Bertz CT molecular complexity index is 531. The number of hydrogen-bond donors (Lipinski definition) is 1. The zero-order chi connectivity index (χ0) is 14.5. The van der Waals surface area contributed by atoms with Crippen LogP contribution in [0.3, 0.4) is 0 Å². The van der Waals surface area contributed by atoms with Crippen LogP contribution in [0.5, 0.6) is 0 Å². The molecule has 2 fully saturated rings. The van der Waals surface area contributed by atoms with Gasteiger partial charge in [-0.25, -0.2) is 4.39 Å². The molecule has 2 nitrogen and oxygen atoms in total. The van der Waals surface area contributed by atoms with Crippen LogP contribution in [0, 0.1) is 24.1 Å². The standard InChI is InChI=1S/C16H21BrFNO/c1-9-7-11(17)12(18)8-13(9)19-14-10-5-4-6-20-15(10)16(14,2)3/h7-8,10,14-15,19H,4-6H2,1-3H3. The highest BCUT2D eigenvalue weighted by atomic mass is 79.9. The number of halogens is 2. The van der Waals surface area contributed by atoms with E-state index in [4.69, 9.17) is 4.74 Å². The van der Waals surface area contributed by atoms with Gasteiger partial charge in [0.1, 0.15) is 5.82 Å². The maximum Gasteiger partial charge on any atom is 0.139 e. The van der Waals surface area contributed by atoms with E-state index in [0.29, 0.717) is 22.5 Å². The van der Waals surface area contributed by atoms with Crippen LogP contribution in [0.15, 0.2) is 16.6 Å². The van der Waals surface area contributed by atoms with Crippen LogP contribution in [0.2, 0.25) is 0 Å². The van der Waals surface area contributed by atoms with Crippen molar-refractivity contribution in [3.05, 3.63) is 28.0 Å². The molecule has 1 saturated heterocycles. The van der Waals surface area contributed by atoms with E-state index in [2.05, 4.69) is 35.1 Å². The van der Waals surface area contributed by atoms with Gasteiger partial charge in [-0.15, -0.1) is 0 Å². The van der Waals surface area contributed by atoms with Crippen molar-refractivity contribution < 1.29 is 9.13 Å². The average molecular weight is 342 g/mol. The topological polar surface area (TPSA) is 21.3 Å². The smallest absolute Gasteiger partial charge is 0.139 e. The molecule has 3 rings (SSSR count). The third-order valence-electron chi connectivity index (χ3n) is 4.91. The Labute approximate surface area is 128 Å². The van der Waals surface area contributed by atoms with Crippen molar-refractivity contribution in [1.82, 2.24) is 0 Å². The summed E-state index contributed by atoms with van der Waals surface area (Å²) in [7, 11) is 0. The summed E-state index contributed by atoms with van der Waals surface area (Å²) in [5.41, 5.74) is 2.06. The van der Waals surface area contributed by atoms with Crippen molar-refractivity contribution >= 4 is 21.6 Å².